The Morgan fingerprint density at radius 2 is 2.17 bits per heavy atom. The van der Waals surface area contributed by atoms with Crippen LogP contribution in [0.5, 0.6) is 5.75 Å². The number of carbonyl (C=O) groups excluding carboxylic acids is 1. The van der Waals surface area contributed by atoms with Crippen LogP contribution in [-0.2, 0) is 4.74 Å². The van der Waals surface area contributed by atoms with Crippen molar-refractivity contribution in [3.8, 4) is 5.75 Å². The number of benzene rings is 1. The van der Waals surface area contributed by atoms with E-state index in [2.05, 4.69) is 21.2 Å². The number of hydrogen-bond donors (Lipinski definition) is 2. The van der Waals surface area contributed by atoms with Gasteiger partial charge in [0.15, 0.2) is 0 Å². The molecule has 0 aromatic heterocycles. The van der Waals surface area contributed by atoms with Gasteiger partial charge in [-0.1, -0.05) is 29.8 Å². The maximum Gasteiger partial charge on any atom is 0.255 e. The number of hydrogen-bond acceptors (Lipinski definition) is 3. The fraction of sp³-hybridized carbons (Fsp3) is 0.462. The predicted molar refractivity (Wildman–Crippen MR) is 73.8 cm³/mol. The van der Waals surface area contributed by atoms with Gasteiger partial charge in [0.25, 0.3) is 5.91 Å². The van der Waals surface area contributed by atoms with E-state index in [-0.39, 0.29) is 29.2 Å². The van der Waals surface area contributed by atoms with Gasteiger partial charge in [0.05, 0.1) is 18.2 Å². The molecule has 2 N–H and O–H groups in total. The molecule has 1 amide bonds. The van der Waals surface area contributed by atoms with Crippen LogP contribution in [0.3, 0.4) is 0 Å². The summed E-state index contributed by atoms with van der Waals surface area (Å²) in [4.78, 5) is 12.1. The van der Waals surface area contributed by atoms with Gasteiger partial charge < -0.3 is 15.2 Å². The maximum atomic E-state index is 12.1. The standard InChI is InChI=1S/C13H18BrNO3/c1-8(2)11(7-18-3)15-13(17)10-6-9(14)4-5-12(10)16/h4-6,8,11,16H,7H2,1-3H3,(H,15,17). The normalized spacial score (nSPS) is 12.5. The highest BCUT2D eigenvalue weighted by molar-refractivity contribution is 9.10. The molecular weight excluding hydrogens is 298 g/mol. The summed E-state index contributed by atoms with van der Waals surface area (Å²) in [5.74, 6) is -0.0802. The molecule has 0 aliphatic rings. The van der Waals surface area contributed by atoms with Gasteiger partial charge in [-0.3, -0.25) is 4.79 Å². The highest BCUT2D eigenvalue weighted by atomic mass is 79.9. The van der Waals surface area contributed by atoms with Gasteiger partial charge >= 0.3 is 0 Å². The molecule has 18 heavy (non-hydrogen) atoms. The first-order valence-electron chi connectivity index (χ1n) is 5.74. The molecule has 4 nitrogen and oxygen atoms in total. The summed E-state index contributed by atoms with van der Waals surface area (Å²) in [5, 5.41) is 12.5. The van der Waals surface area contributed by atoms with Crippen LogP contribution in [0.2, 0.25) is 0 Å². The zero-order valence-corrected chi connectivity index (χ0v) is 12.3. The summed E-state index contributed by atoms with van der Waals surface area (Å²) < 4.78 is 5.82. The van der Waals surface area contributed by atoms with E-state index in [0.717, 1.165) is 4.47 Å². The van der Waals surface area contributed by atoms with Crippen molar-refractivity contribution in [2.45, 2.75) is 19.9 Å². The van der Waals surface area contributed by atoms with E-state index < -0.39 is 0 Å². The second kappa shape index (κ2) is 6.75. The Kier molecular flexibility index (Phi) is 5.62. The van der Waals surface area contributed by atoms with Crippen LogP contribution in [0.25, 0.3) is 0 Å². The molecule has 0 spiro atoms. The third-order valence-electron chi connectivity index (χ3n) is 2.67. The second-order valence-electron chi connectivity index (χ2n) is 4.44. The SMILES string of the molecule is COCC(NC(=O)c1cc(Br)ccc1O)C(C)C. The number of rotatable bonds is 5. The van der Waals surface area contributed by atoms with Gasteiger partial charge in [-0.25, -0.2) is 0 Å². The van der Waals surface area contributed by atoms with Crippen LogP contribution in [0.15, 0.2) is 22.7 Å². The monoisotopic (exact) mass is 315 g/mol. The van der Waals surface area contributed by atoms with Crippen molar-refractivity contribution in [2.24, 2.45) is 5.92 Å². The van der Waals surface area contributed by atoms with Crippen molar-refractivity contribution < 1.29 is 14.6 Å². The number of carbonyl (C=O) groups is 1. The lowest BCUT2D eigenvalue weighted by molar-refractivity contribution is 0.0864. The van der Waals surface area contributed by atoms with Crippen molar-refractivity contribution in [3.05, 3.63) is 28.2 Å². The smallest absolute Gasteiger partial charge is 0.255 e. The molecule has 0 aliphatic heterocycles. The largest absolute Gasteiger partial charge is 0.507 e. The fourth-order valence-corrected chi connectivity index (χ4v) is 1.88. The number of nitrogens with one attached hydrogen (secondary N) is 1. The predicted octanol–water partition coefficient (Wildman–Crippen LogP) is 2.56. The Morgan fingerprint density at radius 1 is 1.50 bits per heavy atom. The summed E-state index contributed by atoms with van der Waals surface area (Å²) >= 11 is 3.27. The molecule has 5 heteroatoms. The van der Waals surface area contributed by atoms with Crippen LogP contribution in [-0.4, -0.2) is 30.8 Å². The number of methoxy groups -OCH3 is 1. The van der Waals surface area contributed by atoms with Crippen molar-refractivity contribution in [1.29, 1.82) is 0 Å². The summed E-state index contributed by atoms with van der Waals surface area (Å²) in [6, 6.07) is 4.68. The Morgan fingerprint density at radius 3 is 2.72 bits per heavy atom. The quantitative estimate of drug-likeness (QED) is 0.878. The van der Waals surface area contributed by atoms with Gasteiger partial charge in [0.1, 0.15) is 5.75 Å². The first-order valence-corrected chi connectivity index (χ1v) is 6.53. The molecule has 1 atom stereocenters. The fourth-order valence-electron chi connectivity index (χ4n) is 1.52. The van der Waals surface area contributed by atoms with Crippen LogP contribution in [0.4, 0.5) is 0 Å². The van der Waals surface area contributed by atoms with E-state index in [9.17, 15) is 9.90 Å². The lowest BCUT2D eigenvalue weighted by atomic mass is 10.0. The van der Waals surface area contributed by atoms with Gasteiger partial charge in [-0.15, -0.1) is 0 Å². The van der Waals surface area contributed by atoms with Crippen molar-refractivity contribution in [2.75, 3.05) is 13.7 Å². The average molecular weight is 316 g/mol. The van der Waals surface area contributed by atoms with Crippen molar-refractivity contribution in [3.63, 3.8) is 0 Å². The molecule has 0 radical (unpaired) electrons. The van der Waals surface area contributed by atoms with Crippen LogP contribution in [0.1, 0.15) is 24.2 Å². The van der Waals surface area contributed by atoms with Crippen LogP contribution < -0.4 is 5.32 Å². The lowest BCUT2D eigenvalue weighted by Crippen LogP contribution is -2.41. The van der Waals surface area contributed by atoms with Crippen LogP contribution >= 0.6 is 15.9 Å². The van der Waals surface area contributed by atoms with Gasteiger partial charge in [-0.05, 0) is 24.1 Å². The molecule has 0 bridgehead atoms. The van der Waals surface area contributed by atoms with Gasteiger partial charge in [0, 0.05) is 11.6 Å². The number of phenols is 1. The lowest BCUT2D eigenvalue weighted by Gasteiger charge is -2.21. The summed E-state index contributed by atoms with van der Waals surface area (Å²) in [6.07, 6.45) is 0. The topological polar surface area (TPSA) is 58.6 Å². The molecule has 0 heterocycles. The van der Waals surface area contributed by atoms with E-state index in [1.54, 1.807) is 19.2 Å². The first-order chi connectivity index (χ1) is 8.45. The zero-order valence-electron chi connectivity index (χ0n) is 10.7. The van der Waals surface area contributed by atoms with Crippen molar-refractivity contribution >= 4 is 21.8 Å². The van der Waals surface area contributed by atoms with E-state index in [1.807, 2.05) is 13.8 Å². The minimum absolute atomic E-state index is 0.0318. The summed E-state index contributed by atoms with van der Waals surface area (Å²) in [7, 11) is 1.60. The zero-order chi connectivity index (χ0) is 13.7. The molecule has 1 aromatic rings. The highest BCUT2D eigenvalue weighted by Crippen LogP contribution is 2.22. The third-order valence-corrected chi connectivity index (χ3v) is 3.16. The van der Waals surface area contributed by atoms with E-state index >= 15 is 0 Å². The number of aromatic hydroxyl groups is 1. The number of phenolic OH excluding ortho intramolecular Hbond substituents is 1. The third kappa shape index (κ3) is 3.99. The van der Waals surface area contributed by atoms with Gasteiger partial charge in [-0.2, -0.15) is 0 Å². The first kappa shape index (κ1) is 15.0. The maximum absolute atomic E-state index is 12.1. The van der Waals surface area contributed by atoms with Gasteiger partial charge in [0.2, 0.25) is 0 Å². The number of halogens is 1. The minimum Gasteiger partial charge on any atom is -0.507 e. The molecule has 1 aromatic carbocycles. The average Bonchev–Trinajstić information content (AvgIpc) is 2.31. The Balaban J connectivity index is 2.83. The molecule has 1 rings (SSSR count). The molecule has 0 saturated heterocycles. The Bertz CT molecular complexity index is 421. The number of amides is 1. The molecule has 100 valence electrons. The summed E-state index contributed by atoms with van der Waals surface area (Å²) in [5.41, 5.74) is 0.256. The molecule has 0 fully saturated rings. The Labute approximate surface area is 115 Å². The van der Waals surface area contributed by atoms with Crippen LogP contribution in [0, 0.1) is 5.92 Å². The summed E-state index contributed by atoms with van der Waals surface area (Å²) in [6.45, 7) is 4.45. The molecule has 0 saturated carbocycles. The molecule has 1 unspecified atom stereocenters. The Hall–Kier alpha value is -1.07. The van der Waals surface area contributed by atoms with E-state index in [0.29, 0.717) is 6.61 Å². The molecular formula is C13H18BrNO3. The van der Waals surface area contributed by atoms with E-state index in [4.69, 9.17) is 4.74 Å². The second-order valence-corrected chi connectivity index (χ2v) is 5.36. The van der Waals surface area contributed by atoms with E-state index in [1.165, 1.54) is 6.07 Å². The number of ether oxygens (including phenoxy) is 1. The highest BCUT2D eigenvalue weighted by Gasteiger charge is 2.19. The molecule has 0 aliphatic carbocycles. The minimum atomic E-state index is -0.301. The van der Waals surface area contributed by atoms with Crippen molar-refractivity contribution in [1.82, 2.24) is 5.32 Å².